The molecule has 4 amide bonds. The zero-order valence-electron chi connectivity index (χ0n) is 30.9. The highest BCUT2D eigenvalue weighted by atomic mass is 32.2. The number of carboxylic acid groups (broad SMARTS) is 1. The second kappa shape index (κ2) is 13.7. The van der Waals surface area contributed by atoms with Crippen LogP contribution in [-0.4, -0.2) is 88.8 Å². The number of rotatable bonds is 6. The van der Waals surface area contributed by atoms with Gasteiger partial charge in [-0.1, -0.05) is 38.8 Å². The van der Waals surface area contributed by atoms with Crippen LogP contribution in [0, 0.1) is 5.92 Å². The van der Waals surface area contributed by atoms with E-state index in [1.165, 1.54) is 12.0 Å². The third-order valence-electron chi connectivity index (χ3n) is 11.9. The van der Waals surface area contributed by atoms with E-state index >= 15 is 4.39 Å². The molecule has 0 radical (unpaired) electrons. The summed E-state index contributed by atoms with van der Waals surface area (Å²) >= 11 is 0. The highest BCUT2D eigenvalue weighted by Crippen LogP contribution is 2.52. The number of benzene rings is 1. The third kappa shape index (κ3) is 6.74. The molecule has 2 aromatic rings. The number of nitrogens with one attached hydrogen (secondary N) is 3. The van der Waals surface area contributed by atoms with Crippen LogP contribution in [0.5, 0.6) is 11.5 Å². The van der Waals surface area contributed by atoms with Gasteiger partial charge >= 0.3 is 6.09 Å². The second-order valence-electron chi connectivity index (χ2n) is 16.1. The summed E-state index contributed by atoms with van der Waals surface area (Å²) in [5.74, 6) is -2.25. The summed E-state index contributed by atoms with van der Waals surface area (Å²) in [7, 11) is -2.53. The number of aromatic nitrogens is 1. The largest absolute Gasteiger partial charge is 0.497 e. The molecule has 0 unspecified atom stereocenters. The SMILES string of the molecule is COc1ccc2nc(C(C)C)c3c(c2c1)[C@H](F)C[C@]1(C[C@H]2C(=O)N[C@]4(C(=O)NS(=O)(=O)C5(C)CC5)C[C@H]4/C=C\CCCCC[C@H](NC(=O)O)C(=O)N2C1)O3. The smallest absolute Gasteiger partial charge is 0.405 e. The molecule has 1 aromatic heterocycles. The minimum absolute atomic E-state index is 0.138. The van der Waals surface area contributed by atoms with E-state index in [0.29, 0.717) is 60.0 Å². The van der Waals surface area contributed by atoms with Crippen molar-refractivity contribution in [2.75, 3.05) is 13.7 Å². The first-order chi connectivity index (χ1) is 25.5. The molecular weight excluding hydrogens is 722 g/mol. The average Bonchev–Trinajstić information content (AvgIpc) is 4.00. The van der Waals surface area contributed by atoms with E-state index in [2.05, 4.69) is 15.4 Å². The van der Waals surface area contributed by atoms with Gasteiger partial charge in [0.2, 0.25) is 21.8 Å². The monoisotopic (exact) mass is 769 g/mol. The molecule has 14 nitrogen and oxygen atoms in total. The van der Waals surface area contributed by atoms with Crippen LogP contribution in [-0.2, 0) is 24.4 Å². The minimum Gasteiger partial charge on any atom is -0.497 e. The molecule has 292 valence electrons. The van der Waals surface area contributed by atoms with Crippen LogP contribution >= 0.6 is 0 Å². The Bertz CT molecular complexity index is 2040. The quantitative estimate of drug-likeness (QED) is 0.304. The molecule has 1 saturated heterocycles. The number of hydrogen-bond donors (Lipinski definition) is 4. The number of allylic oxidation sites excluding steroid dienone is 1. The van der Waals surface area contributed by atoms with Gasteiger partial charge in [0, 0.05) is 29.7 Å². The van der Waals surface area contributed by atoms with Crippen molar-refractivity contribution in [3.8, 4) is 11.5 Å². The van der Waals surface area contributed by atoms with Crippen molar-refractivity contribution in [2.24, 2.45) is 5.92 Å². The van der Waals surface area contributed by atoms with E-state index in [1.807, 2.05) is 26.0 Å². The van der Waals surface area contributed by atoms with Crippen molar-refractivity contribution >= 4 is 44.7 Å². The molecule has 4 N–H and O–H groups in total. The van der Waals surface area contributed by atoms with Gasteiger partial charge < -0.3 is 30.1 Å². The van der Waals surface area contributed by atoms with Gasteiger partial charge in [-0.3, -0.25) is 19.1 Å². The molecule has 5 aliphatic rings. The number of carbonyl (C=O) groups excluding carboxylic acids is 3. The Labute approximate surface area is 313 Å². The summed E-state index contributed by atoms with van der Waals surface area (Å²) in [6.45, 7) is 5.12. The van der Waals surface area contributed by atoms with Gasteiger partial charge in [0.05, 0.1) is 29.6 Å². The molecule has 54 heavy (non-hydrogen) atoms. The molecule has 0 bridgehead atoms. The summed E-state index contributed by atoms with van der Waals surface area (Å²) in [5.41, 5.74) is -1.67. The maximum atomic E-state index is 16.9. The van der Waals surface area contributed by atoms with Gasteiger partial charge in [0.1, 0.15) is 40.9 Å². The fraction of sp³-hybridized carbons (Fsp3) is 0.605. The molecule has 2 saturated carbocycles. The summed E-state index contributed by atoms with van der Waals surface area (Å²) in [4.78, 5) is 60.8. The van der Waals surface area contributed by atoms with Crippen LogP contribution in [0.15, 0.2) is 30.4 Å². The predicted octanol–water partition coefficient (Wildman–Crippen LogP) is 4.53. The number of amides is 4. The van der Waals surface area contributed by atoms with Crippen molar-refractivity contribution in [1.29, 1.82) is 0 Å². The Kier molecular flexibility index (Phi) is 9.58. The van der Waals surface area contributed by atoms with Gasteiger partial charge in [0.25, 0.3) is 5.91 Å². The zero-order valence-corrected chi connectivity index (χ0v) is 31.8. The van der Waals surface area contributed by atoms with Gasteiger partial charge in [-0.15, -0.1) is 0 Å². The van der Waals surface area contributed by atoms with E-state index in [4.69, 9.17) is 14.5 Å². The second-order valence-corrected chi connectivity index (χ2v) is 18.3. The topological polar surface area (TPSA) is 193 Å². The fourth-order valence-corrected chi connectivity index (χ4v) is 9.56. The number of pyridine rings is 1. The molecular formula is C38H48FN5O9S. The first-order valence-electron chi connectivity index (χ1n) is 18.7. The maximum Gasteiger partial charge on any atom is 0.405 e. The van der Waals surface area contributed by atoms with E-state index in [0.717, 1.165) is 6.42 Å². The lowest BCUT2D eigenvalue weighted by Gasteiger charge is -2.39. The van der Waals surface area contributed by atoms with Crippen LogP contribution in [0.1, 0.15) is 108 Å². The lowest BCUT2D eigenvalue weighted by molar-refractivity contribution is -0.141. The lowest BCUT2D eigenvalue weighted by atomic mass is 9.85. The number of alkyl halides is 1. The van der Waals surface area contributed by atoms with Crippen LogP contribution in [0.2, 0.25) is 0 Å². The lowest BCUT2D eigenvalue weighted by Crippen LogP contribution is -2.58. The number of halogens is 1. The number of sulfonamides is 1. The van der Waals surface area contributed by atoms with Crippen LogP contribution in [0.4, 0.5) is 9.18 Å². The Balaban J connectivity index is 1.28. The first kappa shape index (κ1) is 37.8. The van der Waals surface area contributed by atoms with Crippen molar-refractivity contribution in [2.45, 2.75) is 125 Å². The summed E-state index contributed by atoms with van der Waals surface area (Å²) in [6, 6.07) is 2.69. The van der Waals surface area contributed by atoms with E-state index in [9.17, 15) is 32.7 Å². The van der Waals surface area contributed by atoms with Crippen LogP contribution in [0.3, 0.4) is 0 Å². The van der Waals surface area contributed by atoms with Crippen molar-refractivity contribution in [3.05, 3.63) is 41.6 Å². The highest BCUT2D eigenvalue weighted by Gasteiger charge is 2.64. The Morgan fingerprint density at radius 3 is 2.59 bits per heavy atom. The molecule has 6 atom stereocenters. The zero-order chi connectivity index (χ0) is 38.8. The van der Waals surface area contributed by atoms with E-state index in [1.54, 1.807) is 25.1 Å². The molecule has 3 fully saturated rings. The highest BCUT2D eigenvalue weighted by molar-refractivity contribution is 7.91. The number of hydrogen-bond acceptors (Lipinski definition) is 9. The standard InChI is InChI=1S/C38H48FN5O9S/c1-21(2)30-31-29(24-16-23(52-4)12-13-26(24)40-30)25(39)18-37(53-31)19-28-32(45)42-38(34(47)43-54(50,51)36(3)14-15-36)17-22(38)10-8-6-5-7-9-11-27(41-35(48)49)33(46)44(28)20-37/h8,10,12-13,16,21-22,25,27-28,41H,5-7,9,11,14-15,17-20H2,1-4H3,(H,42,45)(H,43,47)(H,48,49)/b10-8-/t22-,25-,27+,28+,37-,38-/m1/s1. The molecule has 16 heteroatoms. The van der Waals surface area contributed by atoms with Crippen molar-refractivity contribution < 1.29 is 46.6 Å². The number of fused-ring (bicyclic) bond motifs is 5. The van der Waals surface area contributed by atoms with Crippen molar-refractivity contribution in [3.63, 3.8) is 0 Å². The summed E-state index contributed by atoms with van der Waals surface area (Å²) < 4.78 is 56.5. The predicted molar refractivity (Wildman–Crippen MR) is 195 cm³/mol. The molecule has 3 aliphatic heterocycles. The van der Waals surface area contributed by atoms with Gasteiger partial charge in [0.15, 0.2) is 0 Å². The van der Waals surface area contributed by atoms with E-state index in [-0.39, 0.29) is 43.9 Å². The third-order valence-corrected chi connectivity index (χ3v) is 14.0. The number of nitrogens with zero attached hydrogens (tertiary/aromatic N) is 2. The molecule has 1 aromatic carbocycles. The summed E-state index contributed by atoms with van der Waals surface area (Å²) in [6.07, 6.45) is 3.97. The Hall–Kier alpha value is -4.47. The average molecular weight is 770 g/mol. The van der Waals surface area contributed by atoms with E-state index < -0.39 is 73.9 Å². The molecule has 2 aliphatic carbocycles. The van der Waals surface area contributed by atoms with Gasteiger partial charge in [-0.25, -0.2) is 22.6 Å². The number of carbonyl (C=O) groups is 4. The molecule has 1 spiro atoms. The van der Waals surface area contributed by atoms with Crippen LogP contribution < -0.4 is 24.8 Å². The minimum atomic E-state index is -4.04. The fourth-order valence-electron chi connectivity index (χ4n) is 8.25. The van der Waals surface area contributed by atoms with Gasteiger partial charge in [-0.2, -0.15) is 0 Å². The molecule has 7 rings (SSSR count). The normalized spacial score (nSPS) is 31.2. The Morgan fingerprint density at radius 2 is 1.91 bits per heavy atom. The van der Waals surface area contributed by atoms with Crippen molar-refractivity contribution in [1.82, 2.24) is 25.2 Å². The summed E-state index contributed by atoms with van der Waals surface area (Å²) in [5, 5.41) is 15.4. The number of ether oxygens (including phenoxy) is 2. The first-order valence-corrected chi connectivity index (χ1v) is 20.2. The number of methoxy groups -OCH3 is 1. The molecule has 4 heterocycles. The Morgan fingerprint density at radius 1 is 1.15 bits per heavy atom. The van der Waals surface area contributed by atoms with Crippen LogP contribution in [0.25, 0.3) is 10.9 Å². The van der Waals surface area contributed by atoms with Gasteiger partial charge in [-0.05, 0) is 69.6 Å². The maximum absolute atomic E-state index is 16.9.